The molecule has 0 bridgehead atoms. The van der Waals surface area contributed by atoms with E-state index in [1.54, 1.807) is 0 Å². The fourth-order valence-corrected chi connectivity index (χ4v) is 3.32. The maximum absolute atomic E-state index is 12.9. The molecule has 1 aliphatic rings. The van der Waals surface area contributed by atoms with E-state index in [4.69, 9.17) is 0 Å². The van der Waals surface area contributed by atoms with Gasteiger partial charge in [-0.25, -0.2) is 0 Å². The highest BCUT2D eigenvalue weighted by atomic mass is 19.4. The molecule has 0 saturated carbocycles. The highest BCUT2D eigenvalue weighted by Crippen LogP contribution is 2.35. The Morgan fingerprint density at radius 2 is 1.90 bits per heavy atom. The molecule has 1 atom stereocenters. The second-order valence-corrected chi connectivity index (χ2v) is 5.98. The van der Waals surface area contributed by atoms with Crippen LogP contribution in [-0.2, 0) is 4.79 Å². The van der Waals surface area contributed by atoms with Crippen molar-refractivity contribution in [2.24, 2.45) is 5.41 Å². The van der Waals surface area contributed by atoms with Crippen LogP contribution < -0.4 is 5.32 Å². The summed E-state index contributed by atoms with van der Waals surface area (Å²) < 4.78 is 38.7. The Kier molecular flexibility index (Phi) is 6.50. The molecule has 0 aliphatic carbocycles. The lowest BCUT2D eigenvalue weighted by molar-refractivity contribution is -0.172. The van der Waals surface area contributed by atoms with Gasteiger partial charge in [-0.15, -0.1) is 0 Å². The predicted molar refractivity (Wildman–Crippen MR) is 77.0 cm³/mol. The first-order valence-electron chi connectivity index (χ1n) is 7.88. The average Bonchev–Trinajstić information content (AvgIpc) is 2.87. The summed E-state index contributed by atoms with van der Waals surface area (Å²) in [6, 6.07) is -0.339. The normalized spacial score (nSPS) is 22.8. The van der Waals surface area contributed by atoms with Crippen molar-refractivity contribution in [3.05, 3.63) is 0 Å². The number of carbonyl (C=O) groups is 1. The van der Waals surface area contributed by atoms with E-state index < -0.39 is 18.1 Å². The van der Waals surface area contributed by atoms with E-state index >= 15 is 0 Å². The van der Waals surface area contributed by atoms with E-state index in [1.165, 1.54) is 0 Å². The molecule has 1 fully saturated rings. The Balaban J connectivity index is 3.02. The SMILES string of the molecule is CCCC1(C(=O)N(CC(F)(F)F)C(CC)CC)CCNC1. The third kappa shape index (κ3) is 4.59. The second kappa shape index (κ2) is 7.47. The van der Waals surface area contributed by atoms with Crippen molar-refractivity contribution in [2.75, 3.05) is 19.6 Å². The van der Waals surface area contributed by atoms with E-state index in [1.807, 2.05) is 20.8 Å². The van der Waals surface area contributed by atoms with Gasteiger partial charge in [0.1, 0.15) is 6.54 Å². The number of halogens is 3. The molecule has 1 aliphatic heterocycles. The van der Waals surface area contributed by atoms with Crippen LogP contribution in [0.15, 0.2) is 0 Å². The first-order valence-corrected chi connectivity index (χ1v) is 7.88. The highest BCUT2D eigenvalue weighted by Gasteiger charge is 2.46. The Morgan fingerprint density at radius 1 is 1.29 bits per heavy atom. The topological polar surface area (TPSA) is 32.3 Å². The minimum atomic E-state index is -4.35. The van der Waals surface area contributed by atoms with Gasteiger partial charge >= 0.3 is 6.18 Å². The molecule has 1 N–H and O–H groups in total. The van der Waals surface area contributed by atoms with Crippen molar-refractivity contribution in [1.82, 2.24) is 10.2 Å². The van der Waals surface area contributed by atoms with Gasteiger partial charge in [0.05, 0.1) is 5.41 Å². The lowest BCUT2D eigenvalue weighted by Gasteiger charge is -2.38. The smallest absolute Gasteiger partial charge is 0.330 e. The summed E-state index contributed by atoms with van der Waals surface area (Å²) in [5.74, 6) is -0.319. The molecule has 21 heavy (non-hydrogen) atoms. The van der Waals surface area contributed by atoms with E-state index in [0.717, 1.165) is 11.3 Å². The number of nitrogens with one attached hydrogen (secondary N) is 1. The van der Waals surface area contributed by atoms with Crippen LogP contribution in [0, 0.1) is 5.41 Å². The third-order valence-corrected chi connectivity index (χ3v) is 4.42. The summed E-state index contributed by atoms with van der Waals surface area (Å²) in [7, 11) is 0. The lowest BCUT2D eigenvalue weighted by atomic mass is 9.80. The van der Waals surface area contributed by atoms with Crippen molar-refractivity contribution < 1.29 is 18.0 Å². The molecule has 1 amide bonds. The fraction of sp³-hybridized carbons (Fsp3) is 0.933. The number of hydrogen-bond acceptors (Lipinski definition) is 2. The van der Waals surface area contributed by atoms with Crippen LogP contribution in [0.4, 0.5) is 13.2 Å². The summed E-state index contributed by atoms with van der Waals surface area (Å²) in [6.07, 6.45) is -1.17. The third-order valence-electron chi connectivity index (χ3n) is 4.42. The van der Waals surface area contributed by atoms with E-state index in [-0.39, 0.29) is 11.9 Å². The maximum atomic E-state index is 12.9. The van der Waals surface area contributed by atoms with Crippen LogP contribution in [0.1, 0.15) is 52.9 Å². The van der Waals surface area contributed by atoms with Crippen LogP contribution >= 0.6 is 0 Å². The standard InChI is InChI=1S/C15H27F3N2O/c1-4-7-14(8-9-19-10-14)13(21)20(11-15(16,17)18)12(5-2)6-3/h12,19H,4-11H2,1-3H3. The number of carbonyl (C=O) groups excluding carboxylic acids is 1. The Hall–Kier alpha value is -0.780. The average molecular weight is 308 g/mol. The first-order chi connectivity index (χ1) is 9.79. The van der Waals surface area contributed by atoms with Gasteiger partial charge < -0.3 is 10.2 Å². The molecule has 0 aromatic heterocycles. The van der Waals surface area contributed by atoms with Crippen LogP contribution in [0.25, 0.3) is 0 Å². The van der Waals surface area contributed by atoms with Gasteiger partial charge in [-0.1, -0.05) is 27.2 Å². The largest absolute Gasteiger partial charge is 0.406 e. The van der Waals surface area contributed by atoms with Gasteiger partial charge in [0.2, 0.25) is 5.91 Å². The molecular weight excluding hydrogens is 281 g/mol. The van der Waals surface area contributed by atoms with Crippen molar-refractivity contribution in [2.45, 2.75) is 65.1 Å². The molecule has 0 radical (unpaired) electrons. The van der Waals surface area contributed by atoms with E-state index in [2.05, 4.69) is 5.32 Å². The maximum Gasteiger partial charge on any atom is 0.406 e. The Morgan fingerprint density at radius 3 is 2.29 bits per heavy atom. The molecule has 1 heterocycles. The van der Waals surface area contributed by atoms with Crippen molar-refractivity contribution in [3.63, 3.8) is 0 Å². The molecule has 1 unspecified atom stereocenters. The van der Waals surface area contributed by atoms with Gasteiger partial charge in [-0.05, 0) is 32.2 Å². The molecule has 0 spiro atoms. The second-order valence-electron chi connectivity index (χ2n) is 5.98. The fourth-order valence-electron chi connectivity index (χ4n) is 3.32. The lowest BCUT2D eigenvalue weighted by Crippen LogP contribution is -2.52. The molecule has 124 valence electrons. The molecule has 0 aromatic rings. The quantitative estimate of drug-likeness (QED) is 0.782. The van der Waals surface area contributed by atoms with Gasteiger partial charge in [-0.2, -0.15) is 13.2 Å². The first kappa shape index (κ1) is 18.3. The Bertz CT molecular complexity index is 334. The molecule has 6 heteroatoms. The number of amides is 1. The van der Waals surface area contributed by atoms with Crippen molar-refractivity contribution in [1.29, 1.82) is 0 Å². The predicted octanol–water partition coefficient (Wildman–Crippen LogP) is 3.35. The number of hydrogen-bond donors (Lipinski definition) is 1. The summed E-state index contributed by atoms with van der Waals surface area (Å²) in [4.78, 5) is 14.0. The van der Waals surface area contributed by atoms with Gasteiger partial charge in [0.25, 0.3) is 0 Å². The van der Waals surface area contributed by atoms with Gasteiger partial charge in [-0.3, -0.25) is 4.79 Å². The molecule has 3 nitrogen and oxygen atoms in total. The minimum Gasteiger partial charge on any atom is -0.330 e. The van der Waals surface area contributed by atoms with Crippen LogP contribution in [0.5, 0.6) is 0 Å². The zero-order chi connectivity index (χ0) is 16.1. The Labute approximate surface area is 125 Å². The van der Waals surface area contributed by atoms with E-state index in [0.29, 0.717) is 38.8 Å². The van der Waals surface area contributed by atoms with E-state index in [9.17, 15) is 18.0 Å². The number of rotatable bonds is 7. The summed E-state index contributed by atoms with van der Waals surface area (Å²) in [6.45, 7) is 5.71. The monoisotopic (exact) mass is 308 g/mol. The zero-order valence-corrected chi connectivity index (χ0v) is 13.2. The highest BCUT2D eigenvalue weighted by molar-refractivity contribution is 5.83. The van der Waals surface area contributed by atoms with Crippen LogP contribution in [0.2, 0.25) is 0 Å². The summed E-state index contributed by atoms with van der Waals surface area (Å²) in [5, 5.41) is 3.14. The van der Waals surface area contributed by atoms with Crippen LogP contribution in [0.3, 0.4) is 0 Å². The summed E-state index contributed by atoms with van der Waals surface area (Å²) >= 11 is 0. The van der Waals surface area contributed by atoms with Gasteiger partial charge in [0, 0.05) is 12.6 Å². The van der Waals surface area contributed by atoms with Crippen LogP contribution in [-0.4, -0.2) is 42.7 Å². The van der Waals surface area contributed by atoms with Gasteiger partial charge in [0.15, 0.2) is 0 Å². The molecule has 0 aromatic carbocycles. The minimum absolute atomic E-state index is 0.319. The van der Waals surface area contributed by atoms with Crippen molar-refractivity contribution in [3.8, 4) is 0 Å². The zero-order valence-electron chi connectivity index (χ0n) is 13.2. The molecular formula is C15H27F3N2O. The molecule has 1 rings (SSSR count). The van der Waals surface area contributed by atoms with Crippen molar-refractivity contribution >= 4 is 5.91 Å². The summed E-state index contributed by atoms with van der Waals surface area (Å²) in [5.41, 5.74) is -0.650. The number of alkyl halides is 3. The molecule has 1 saturated heterocycles. The number of nitrogens with zero attached hydrogens (tertiary/aromatic N) is 1.